The third-order valence-corrected chi connectivity index (χ3v) is 5.42. The summed E-state index contributed by atoms with van der Waals surface area (Å²) >= 11 is 0. The molecule has 1 aliphatic heterocycles. The third-order valence-electron chi connectivity index (χ3n) is 5.42. The molecule has 0 N–H and O–H groups in total. The highest BCUT2D eigenvalue weighted by Crippen LogP contribution is 2.43. The molecule has 0 aromatic heterocycles. The van der Waals surface area contributed by atoms with Gasteiger partial charge in [-0.3, -0.25) is 14.9 Å². The first kappa shape index (κ1) is 21.1. The van der Waals surface area contributed by atoms with Gasteiger partial charge in [-0.15, -0.1) is 0 Å². The number of amides is 2. The molecule has 1 heterocycles. The third kappa shape index (κ3) is 4.39. The van der Waals surface area contributed by atoms with Crippen LogP contribution >= 0.6 is 0 Å². The Labute approximate surface area is 158 Å². The molecule has 2 rings (SSSR count). The van der Waals surface area contributed by atoms with Crippen LogP contribution in [-0.4, -0.2) is 52.1 Å². The van der Waals surface area contributed by atoms with Crippen LogP contribution in [-0.2, 0) is 19.1 Å². The van der Waals surface area contributed by atoms with Crippen molar-refractivity contribution in [2.75, 3.05) is 7.11 Å². The van der Waals surface area contributed by atoms with Gasteiger partial charge in [0.05, 0.1) is 7.11 Å². The monoisotopic (exact) mass is 384 g/mol. The van der Waals surface area contributed by atoms with E-state index < -0.39 is 41.1 Å². The minimum absolute atomic E-state index is 0.0125. The van der Waals surface area contributed by atoms with Crippen molar-refractivity contribution >= 4 is 18.0 Å². The van der Waals surface area contributed by atoms with Crippen molar-refractivity contribution in [3.05, 3.63) is 10.1 Å². The van der Waals surface area contributed by atoms with E-state index in [0.717, 1.165) is 18.4 Å². The number of carbonyl (C=O) groups is 3. The number of methoxy groups -OCH3 is 1. The molecule has 2 aliphatic rings. The van der Waals surface area contributed by atoms with E-state index in [0.29, 0.717) is 25.7 Å². The van der Waals surface area contributed by atoms with E-state index in [1.54, 1.807) is 20.8 Å². The van der Waals surface area contributed by atoms with E-state index in [-0.39, 0.29) is 17.8 Å². The summed E-state index contributed by atoms with van der Waals surface area (Å²) in [6.45, 7) is 4.96. The summed E-state index contributed by atoms with van der Waals surface area (Å²) in [4.78, 5) is 49.9. The summed E-state index contributed by atoms with van der Waals surface area (Å²) in [6.07, 6.45) is 2.01. The average molecular weight is 384 g/mol. The fraction of sp³-hybridized carbons (Fsp3) is 0.833. The molecule has 9 heteroatoms. The Morgan fingerprint density at radius 2 is 1.81 bits per heavy atom. The number of ether oxygens (including phenoxy) is 2. The first-order chi connectivity index (χ1) is 12.5. The van der Waals surface area contributed by atoms with Gasteiger partial charge < -0.3 is 9.47 Å². The zero-order valence-electron chi connectivity index (χ0n) is 16.4. The molecule has 2 atom stereocenters. The maximum Gasteiger partial charge on any atom is 0.417 e. The lowest BCUT2D eigenvalue weighted by atomic mass is 9.68. The van der Waals surface area contributed by atoms with E-state index in [1.807, 2.05) is 0 Å². The topological polar surface area (TPSA) is 116 Å². The lowest BCUT2D eigenvalue weighted by Gasteiger charge is -2.42. The van der Waals surface area contributed by atoms with Crippen LogP contribution in [0.4, 0.5) is 4.79 Å². The predicted octanol–water partition coefficient (Wildman–Crippen LogP) is 2.68. The van der Waals surface area contributed by atoms with Crippen LogP contribution in [0.15, 0.2) is 0 Å². The largest absolute Gasteiger partial charge is 0.467 e. The molecule has 0 spiro atoms. The standard InChI is InChI=1S/C18H28N2O7/c1-17(2,3)27-16(23)19-13(15(22)26-4)10-12(11-14(19)21)18(20(24)25)8-6-5-7-9-18/h12-13H,5-11H2,1-4H3/t12-,13+/m1/s1. The van der Waals surface area contributed by atoms with Crippen LogP contribution in [0.25, 0.3) is 0 Å². The summed E-state index contributed by atoms with van der Waals surface area (Å²) in [5, 5.41) is 11.9. The van der Waals surface area contributed by atoms with Gasteiger partial charge in [0.1, 0.15) is 11.6 Å². The minimum Gasteiger partial charge on any atom is -0.467 e. The zero-order chi connectivity index (χ0) is 20.4. The molecule has 1 saturated carbocycles. The molecular formula is C18H28N2O7. The zero-order valence-corrected chi connectivity index (χ0v) is 16.4. The predicted molar refractivity (Wildman–Crippen MR) is 94.4 cm³/mol. The van der Waals surface area contributed by atoms with Crippen molar-refractivity contribution in [1.29, 1.82) is 0 Å². The van der Waals surface area contributed by atoms with Gasteiger partial charge in [-0.2, -0.15) is 0 Å². The lowest BCUT2D eigenvalue weighted by molar-refractivity contribution is -0.586. The quantitative estimate of drug-likeness (QED) is 0.417. The number of rotatable bonds is 3. The Morgan fingerprint density at radius 3 is 2.30 bits per heavy atom. The van der Waals surface area contributed by atoms with Gasteiger partial charge in [-0.1, -0.05) is 6.42 Å². The van der Waals surface area contributed by atoms with Crippen molar-refractivity contribution in [2.24, 2.45) is 5.92 Å². The number of carbonyl (C=O) groups excluding carboxylic acids is 3. The van der Waals surface area contributed by atoms with Gasteiger partial charge in [0.2, 0.25) is 11.4 Å². The Hall–Kier alpha value is -2.19. The lowest BCUT2D eigenvalue weighted by Crippen LogP contribution is -2.59. The van der Waals surface area contributed by atoms with Crippen molar-refractivity contribution in [3.63, 3.8) is 0 Å². The second-order valence-corrected chi connectivity index (χ2v) is 8.34. The molecule has 1 aliphatic carbocycles. The Bertz CT molecular complexity index is 620. The first-order valence-electron chi connectivity index (χ1n) is 9.29. The molecule has 152 valence electrons. The van der Waals surface area contributed by atoms with E-state index in [4.69, 9.17) is 9.47 Å². The van der Waals surface area contributed by atoms with E-state index in [1.165, 1.54) is 0 Å². The highest BCUT2D eigenvalue weighted by Gasteiger charge is 2.56. The Morgan fingerprint density at radius 1 is 1.22 bits per heavy atom. The van der Waals surface area contributed by atoms with Gasteiger partial charge in [0.25, 0.3) is 0 Å². The summed E-state index contributed by atoms with van der Waals surface area (Å²) in [5.41, 5.74) is -2.08. The normalized spacial score (nSPS) is 25.6. The Kier molecular flexibility index (Phi) is 6.11. The number of hydrogen-bond acceptors (Lipinski definition) is 7. The number of hydrogen-bond donors (Lipinski definition) is 0. The molecule has 2 amide bonds. The fourth-order valence-corrected chi connectivity index (χ4v) is 4.13. The fourth-order valence-electron chi connectivity index (χ4n) is 4.13. The second-order valence-electron chi connectivity index (χ2n) is 8.34. The van der Waals surface area contributed by atoms with Crippen LogP contribution in [0.5, 0.6) is 0 Å². The van der Waals surface area contributed by atoms with Gasteiger partial charge in [0.15, 0.2) is 0 Å². The maximum absolute atomic E-state index is 12.8. The highest BCUT2D eigenvalue weighted by molar-refractivity contribution is 5.98. The first-order valence-corrected chi connectivity index (χ1v) is 9.29. The van der Waals surface area contributed by atoms with Crippen LogP contribution in [0, 0.1) is 16.0 Å². The van der Waals surface area contributed by atoms with Gasteiger partial charge in [0, 0.05) is 30.1 Å². The molecule has 0 aromatic carbocycles. The number of likely N-dealkylation sites (tertiary alicyclic amines) is 1. The van der Waals surface area contributed by atoms with Crippen LogP contribution in [0.2, 0.25) is 0 Å². The van der Waals surface area contributed by atoms with Crippen LogP contribution < -0.4 is 0 Å². The van der Waals surface area contributed by atoms with Crippen molar-refractivity contribution in [1.82, 2.24) is 4.90 Å². The highest BCUT2D eigenvalue weighted by atomic mass is 16.6. The van der Waals surface area contributed by atoms with E-state index in [9.17, 15) is 24.5 Å². The molecule has 9 nitrogen and oxygen atoms in total. The molecule has 0 radical (unpaired) electrons. The van der Waals surface area contributed by atoms with Crippen LogP contribution in [0.3, 0.4) is 0 Å². The SMILES string of the molecule is COC(=O)[C@@H]1C[C@@H](C2([N+](=O)[O-])CCCCC2)CC(=O)N1C(=O)OC(C)(C)C. The van der Waals surface area contributed by atoms with Crippen molar-refractivity contribution in [2.45, 2.75) is 82.9 Å². The molecule has 0 unspecified atom stereocenters. The molecule has 27 heavy (non-hydrogen) atoms. The van der Waals surface area contributed by atoms with Gasteiger partial charge in [-0.25, -0.2) is 14.5 Å². The summed E-state index contributed by atoms with van der Waals surface area (Å²) in [5.74, 6) is -2.03. The molecule has 2 fully saturated rings. The summed E-state index contributed by atoms with van der Waals surface area (Å²) in [6, 6.07) is -1.21. The van der Waals surface area contributed by atoms with Crippen molar-refractivity contribution in [3.8, 4) is 0 Å². The van der Waals surface area contributed by atoms with E-state index >= 15 is 0 Å². The summed E-state index contributed by atoms with van der Waals surface area (Å²) < 4.78 is 10.0. The van der Waals surface area contributed by atoms with Crippen molar-refractivity contribution < 1.29 is 28.8 Å². The van der Waals surface area contributed by atoms with E-state index in [2.05, 4.69) is 0 Å². The maximum atomic E-state index is 12.8. The van der Waals surface area contributed by atoms with Gasteiger partial charge in [-0.05, 0) is 40.0 Å². The number of esters is 1. The smallest absolute Gasteiger partial charge is 0.417 e. The number of piperidine rings is 1. The van der Waals surface area contributed by atoms with Gasteiger partial charge >= 0.3 is 12.1 Å². The Balaban J connectivity index is 2.33. The number of imide groups is 1. The second kappa shape index (κ2) is 7.82. The number of nitro groups is 1. The summed E-state index contributed by atoms with van der Waals surface area (Å²) in [7, 11) is 1.16. The molecule has 1 saturated heterocycles. The minimum atomic E-state index is -1.24. The number of nitrogens with zero attached hydrogens (tertiary/aromatic N) is 2. The van der Waals surface area contributed by atoms with Crippen LogP contribution in [0.1, 0.15) is 65.7 Å². The molecular weight excluding hydrogens is 356 g/mol. The average Bonchev–Trinajstić information content (AvgIpc) is 2.59. The molecule has 0 aromatic rings. The molecule has 0 bridgehead atoms.